The van der Waals surface area contributed by atoms with E-state index >= 15 is 0 Å². The topological polar surface area (TPSA) is 137 Å². The third-order valence-electron chi connectivity index (χ3n) is 5.77. The molecule has 3 aromatic carbocycles. The van der Waals surface area contributed by atoms with Crippen LogP contribution in [0, 0.1) is 0 Å². The molecule has 0 aliphatic heterocycles. The Hall–Kier alpha value is -4.25. The molecule has 4 rings (SSSR count). The molecule has 0 saturated carbocycles. The standard InChI is InChI=1S/C28H25ClN4O5S/c29-23-8-10-25(11-9-23)39(37,38)33-26(27(34)35)16-19-4-6-21(7-5-19)22-2-1-3-24(17-22)32-28(36)31-18-20-12-14-30-15-13-20/h1-15,17,26,33H,16,18H2,(H,34,35)(H2,31,32,36)/t26-/m1/s1. The monoisotopic (exact) mass is 564 g/mol. The Kier molecular flexibility index (Phi) is 8.92. The van der Waals surface area contributed by atoms with Gasteiger partial charge < -0.3 is 15.7 Å². The minimum absolute atomic E-state index is 0.0539. The molecule has 1 atom stereocenters. The molecule has 1 heterocycles. The number of sulfonamides is 1. The first-order valence-electron chi connectivity index (χ1n) is 11.8. The number of pyridine rings is 1. The number of nitrogens with zero attached hydrogens (tertiary/aromatic N) is 1. The van der Waals surface area contributed by atoms with Crippen LogP contribution in [0.25, 0.3) is 11.1 Å². The smallest absolute Gasteiger partial charge is 0.322 e. The lowest BCUT2D eigenvalue weighted by Crippen LogP contribution is -2.42. The van der Waals surface area contributed by atoms with Gasteiger partial charge >= 0.3 is 12.0 Å². The van der Waals surface area contributed by atoms with E-state index in [1.807, 2.05) is 42.5 Å². The van der Waals surface area contributed by atoms with Gasteiger partial charge in [-0.2, -0.15) is 4.72 Å². The van der Waals surface area contributed by atoms with Crippen LogP contribution in [0.15, 0.2) is 102 Å². The third-order valence-corrected chi connectivity index (χ3v) is 7.51. The highest BCUT2D eigenvalue weighted by Gasteiger charge is 2.25. The van der Waals surface area contributed by atoms with Crippen molar-refractivity contribution in [1.82, 2.24) is 15.0 Å². The van der Waals surface area contributed by atoms with Crippen molar-refractivity contribution in [3.63, 3.8) is 0 Å². The third kappa shape index (κ3) is 7.87. The Morgan fingerprint density at radius 1 is 0.872 bits per heavy atom. The number of carboxylic acids is 1. The predicted molar refractivity (Wildman–Crippen MR) is 149 cm³/mol. The quantitative estimate of drug-likeness (QED) is 0.220. The maximum atomic E-state index is 12.7. The average molecular weight is 565 g/mol. The van der Waals surface area contributed by atoms with Gasteiger partial charge in [-0.3, -0.25) is 9.78 Å². The highest BCUT2D eigenvalue weighted by Crippen LogP contribution is 2.24. The second-order valence-electron chi connectivity index (χ2n) is 8.61. The second-order valence-corrected chi connectivity index (χ2v) is 10.8. The Balaban J connectivity index is 1.39. The van der Waals surface area contributed by atoms with Gasteiger partial charge in [0.05, 0.1) is 4.90 Å². The number of aliphatic carboxylic acids is 1. The van der Waals surface area contributed by atoms with E-state index in [1.165, 1.54) is 24.3 Å². The van der Waals surface area contributed by atoms with Gasteiger partial charge in [-0.05, 0) is 77.2 Å². The summed E-state index contributed by atoms with van der Waals surface area (Å²) in [6.07, 6.45) is 3.26. The molecule has 4 N–H and O–H groups in total. The zero-order chi connectivity index (χ0) is 27.8. The molecule has 0 saturated heterocycles. The SMILES string of the molecule is O=C(NCc1ccncc1)Nc1cccc(-c2ccc(C[C@@H](NS(=O)(=O)c3ccc(Cl)cc3)C(=O)O)cc2)c1. The van der Waals surface area contributed by atoms with Gasteiger partial charge in [-0.25, -0.2) is 13.2 Å². The average Bonchev–Trinajstić information content (AvgIpc) is 2.93. The Labute approximate surface area is 230 Å². The van der Waals surface area contributed by atoms with Crippen LogP contribution >= 0.6 is 11.6 Å². The number of hydrogen-bond acceptors (Lipinski definition) is 5. The molecule has 0 spiro atoms. The van der Waals surface area contributed by atoms with Crippen molar-refractivity contribution >= 4 is 39.3 Å². The van der Waals surface area contributed by atoms with Gasteiger partial charge in [0.15, 0.2) is 0 Å². The Morgan fingerprint density at radius 2 is 1.56 bits per heavy atom. The first-order valence-corrected chi connectivity index (χ1v) is 13.7. The van der Waals surface area contributed by atoms with Gasteiger partial charge in [0, 0.05) is 29.6 Å². The number of anilines is 1. The van der Waals surface area contributed by atoms with Gasteiger partial charge in [-0.15, -0.1) is 0 Å². The van der Waals surface area contributed by atoms with Crippen LogP contribution in [0.1, 0.15) is 11.1 Å². The second kappa shape index (κ2) is 12.5. The van der Waals surface area contributed by atoms with Crippen LogP contribution < -0.4 is 15.4 Å². The maximum Gasteiger partial charge on any atom is 0.322 e. The number of halogens is 1. The fraction of sp³-hybridized carbons (Fsp3) is 0.107. The van der Waals surface area contributed by atoms with Crippen molar-refractivity contribution in [3.8, 4) is 11.1 Å². The molecule has 200 valence electrons. The van der Waals surface area contributed by atoms with Gasteiger partial charge in [-0.1, -0.05) is 48.0 Å². The van der Waals surface area contributed by atoms with Crippen molar-refractivity contribution in [2.24, 2.45) is 0 Å². The molecule has 2 amide bonds. The van der Waals surface area contributed by atoms with Crippen LogP contribution in [-0.2, 0) is 27.8 Å². The van der Waals surface area contributed by atoms with Crippen molar-refractivity contribution < 1.29 is 23.1 Å². The number of aromatic nitrogens is 1. The Morgan fingerprint density at radius 3 is 2.23 bits per heavy atom. The molecule has 0 radical (unpaired) electrons. The van der Waals surface area contributed by atoms with Gasteiger partial charge in [0.1, 0.15) is 6.04 Å². The summed E-state index contributed by atoms with van der Waals surface area (Å²) in [6.45, 7) is 0.364. The van der Waals surface area contributed by atoms with Crippen LogP contribution in [0.3, 0.4) is 0 Å². The minimum Gasteiger partial charge on any atom is -0.480 e. The number of rotatable bonds is 10. The van der Waals surface area contributed by atoms with E-state index in [2.05, 4.69) is 20.3 Å². The summed E-state index contributed by atoms with van der Waals surface area (Å²) in [5.74, 6) is -1.29. The van der Waals surface area contributed by atoms with Gasteiger partial charge in [0.25, 0.3) is 0 Å². The molecular formula is C28H25ClN4O5S. The summed E-state index contributed by atoms with van der Waals surface area (Å²) in [5.41, 5.74) is 3.85. The number of carbonyl (C=O) groups is 2. The zero-order valence-electron chi connectivity index (χ0n) is 20.5. The van der Waals surface area contributed by atoms with E-state index < -0.39 is 22.0 Å². The van der Waals surface area contributed by atoms with Crippen LogP contribution in [-0.4, -0.2) is 36.6 Å². The van der Waals surface area contributed by atoms with Crippen molar-refractivity contribution in [2.75, 3.05) is 5.32 Å². The number of carboxylic acid groups (broad SMARTS) is 1. The number of nitrogens with one attached hydrogen (secondary N) is 3. The van der Waals surface area contributed by atoms with E-state index in [0.717, 1.165) is 16.7 Å². The summed E-state index contributed by atoms with van der Waals surface area (Å²) in [5, 5.41) is 15.6. The predicted octanol–water partition coefficient (Wildman–Crippen LogP) is 4.70. The molecule has 0 aliphatic rings. The lowest BCUT2D eigenvalue weighted by molar-refractivity contribution is -0.138. The van der Waals surface area contributed by atoms with Crippen LogP contribution in [0.5, 0.6) is 0 Å². The molecule has 0 bridgehead atoms. The number of amides is 2. The number of urea groups is 1. The summed E-state index contributed by atoms with van der Waals surface area (Å²) in [7, 11) is -4.06. The fourth-order valence-electron chi connectivity index (χ4n) is 3.75. The molecule has 0 fully saturated rings. The van der Waals surface area contributed by atoms with E-state index in [4.69, 9.17) is 11.6 Å². The maximum absolute atomic E-state index is 12.7. The van der Waals surface area contributed by atoms with Crippen molar-refractivity contribution in [3.05, 3.63) is 113 Å². The lowest BCUT2D eigenvalue weighted by Gasteiger charge is -2.15. The van der Waals surface area contributed by atoms with Crippen LogP contribution in [0.2, 0.25) is 5.02 Å². The molecule has 4 aromatic rings. The lowest BCUT2D eigenvalue weighted by atomic mass is 10.0. The van der Waals surface area contributed by atoms with Gasteiger partial charge in [0.2, 0.25) is 10.0 Å². The first-order chi connectivity index (χ1) is 18.7. The number of hydrogen-bond donors (Lipinski definition) is 4. The van der Waals surface area contributed by atoms with E-state index in [9.17, 15) is 23.1 Å². The van der Waals surface area contributed by atoms with E-state index in [1.54, 1.807) is 30.6 Å². The number of benzene rings is 3. The van der Waals surface area contributed by atoms with E-state index in [0.29, 0.717) is 22.8 Å². The fourth-order valence-corrected chi connectivity index (χ4v) is 5.07. The summed E-state index contributed by atoms with van der Waals surface area (Å²) < 4.78 is 27.6. The van der Waals surface area contributed by atoms with Crippen LogP contribution in [0.4, 0.5) is 10.5 Å². The van der Waals surface area contributed by atoms with Crippen molar-refractivity contribution in [2.45, 2.75) is 23.9 Å². The summed E-state index contributed by atoms with van der Waals surface area (Å²) >= 11 is 5.81. The Bertz CT molecular complexity index is 1550. The molecule has 39 heavy (non-hydrogen) atoms. The molecule has 0 unspecified atom stereocenters. The zero-order valence-corrected chi connectivity index (χ0v) is 22.1. The highest BCUT2D eigenvalue weighted by molar-refractivity contribution is 7.89. The molecule has 9 nitrogen and oxygen atoms in total. The number of carbonyl (C=O) groups excluding carboxylic acids is 1. The minimum atomic E-state index is -4.06. The summed E-state index contributed by atoms with van der Waals surface area (Å²) in [4.78, 5) is 28.0. The first kappa shape index (κ1) is 27.8. The summed E-state index contributed by atoms with van der Waals surface area (Å²) in [6, 6.07) is 21.8. The molecule has 1 aromatic heterocycles. The molecular weight excluding hydrogens is 540 g/mol. The molecule has 11 heteroatoms. The normalized spacial score (nSPS) is 11.9. The largest absolute Gasteiger partial charge is 0.480 e. The molecule has 0 aliphatic carbocycles. The highest BCUT2D eigenvalue weighted by atomic mass is 35.5. The van der Waals surface area contributed by atoms with Crippen molar-refractivity contribution in [1.29, 1.82) is 0 Å². The van der Waals surface area contributed by atoms with E-state index in [-0.39, 0.29) is 17.3 Å².